The minimum absolute atomic E-state index is 0.396. The monoisotopic (exact) mass is 267 g/mol. The van der Waals surface area contributed by atoms with Crippen molar-refractivity contribution in [3.05, 3.63) is 48.7 Å². The molecule has 0 spiro atoms. The molecule has 0 saturated heterocycles. The minimum atomic E-state index is 0.396. The Labute approximate surface area is 116 Å². The fourth-order valence-electron chi connectivity index (χ4n) is 1.88. The normalized spacial score (nSPS) is 10.4. The number of para-hydroxylation sites is 2. The van der Waals surface area contributed by atoms with Gasteiger partial charge in [0.2, 0.25) is 5.88 Å². The summed E-state index contributed by atoms with van der Waals surface area (Å²) in [6.45, 7) is 0. The Balaban J connectivity index is 1.98. The Bertz CT molecular complexity index is 759. The van der Waals surface area contributed by atoms with Crippen molar-refractivity contribution in [3.8, 4) is 17.4 Å². The van der Waals surface area contributed by atoms with E-state index in [-0.39, 0.29) is 0 Å². The van der Waals surface area contributed by atoms with Gasteiger partial charge in [-0.25, -0.2) is 9.97 Å². The zero-order chi connectivity index (χ0) is 13.9. The van der Waals surface area contributed by atoms with Gasteiger partial charge >= 0.3 is 0 Å². The van der Waals surface area contributed by atoms with Gasteiger partial charge in [0.1, 0.15) is 0 Å². The molecule has 3 aromatic rings. The highest BCUT2D eigenvalue weighted by Gasteiger charge is 2.08. The molecular weight excluding hydrogens is 254 g/mol. The van der Waals surface area contributed by atoms with Crippen molar-refractivity contribution in [2.75, 3.05) is 12.8 Å². The van der Waals surface area contributed by atoms with Gasteiger partial charge in [0.15, 0.2) is 11.5 Å². The molecule has 100 valence electrons. The van der Waals surface area contributed by atoms with E-state index in [1.54, 1.807) is 31.5 Å². The van der Waals surface area contributed by atoms with Crippen LogP contribution in [0, 0.1) is 0 Å². The number of nitrogens with two attached hydrogens (primary N) is 1. The lowest BCUT2D eigenvalue weighted by atomic mass is 10.3. The molecule has 5 heteroatoms. The minimum Gasteiger partial charge on any atom is -0.493 e. The summed E-state index contributed by atoms with van der Waals surface area (Å²) in [6.07, 6.45) is 1.57. The fourth-order valence-corrected chi connectivity index (χ4v) is 1.88. The molecule has 0 bridgehead atoms. The maximum absolute atomic E-state index is 5.75. The van der Waals surface area contributed by atoms with Crippen molar-refractivity contribution in [2.24, 2.45) is 0 Å². The summed E-state index contributed by atoms with van der Waals surface area (Å²) in [5, 5.41) is 0. The molecular formula is C15H13N3O2. The maximum atomic E-state index is 5.75. The number of hydrogen-bond acceptors (Lipinski definition) is 5. The zero-order valence-corrected chi connectivity index (χ0v) is 10.9. The van der Waals surface area contributed by atoms with Crippen molar-refractivity contribution in [1.82, 2.24) is 9.97 Å². The summed E-state index contributed by atoms with van der Waals surface area (Å²) in [4.78, 5) is 8.69. The van der Waals surface area contributed by atoms with Crippen LogP contribution in [0.2, 0.25) is 0 Å². The maximum Gasteiger partial charge on any atom is 0.238 e. The first-order chi connectivity index (χ1) is 9.76. The topological polar surface area (TPSA) is 70.3 Å². The molecule has 2 N–H and O–H groups in total. The molecule has 0 saturated carbocycles. The van der Waals surface area contributed by atoms with E-state index >= 15 is 0 Å². The number of methoxy groups -OCH3 is 1. The van der Waals surface area contributed by atoms with Crippen LogP contribution >= 0.6 is 0 Å². The third-order valence-corrected chi connectivity index (χ3v) is 2.83. The molecule has 1 heterocycles. The van der Waals surface area contributed by atoms with Crippen LogP contribution < -0.4 is 15.2 Å². The van der Waals surface area contributed by atoms with Crippen LogP contribution in [-0.2, 0) is 0 Å². The van der Waals surface area contributed by atoms with Crippen LogP contribution in [0.25, 0.3) is 11.0 Å². The highest BCUT2D eigenvalue weighted by atomic mass is 16.5. The van der Waals surface area contributed by atoms with E-state index < -0.39 is 0 Å². The van der Waals surface area contributed by atoms with Gasteiger partial charge in [0.25, 0.3) is 0 Å². The summed E-state index contributed by atoms with van der Waals surface area (Å²) in [7, 11) is 1.57. The quantitative estimate of drug-likeness (QED) is 0.739. The van der Waals surface area contributed by atoms with Crippen molar-refractivity contribution in [2.45, 2.75) is 0 Å². The first kappa shape index (κ1) is 12.2. The SMILES string of the molecule is COc1ccc(N)cc1Oc1cnc2ccccc2n1. The molecule has 3 rings (SSSR count). The summed E-state index contributed by atoms with van der Waals surface area (Å²) in [5.74, 6) is 1.50. The average Bonchev–Trinajstić information content (AvgIpc) is 2.47. The number of nitrogens with zero attached hydrogens (tertiary/aromatic N) is 2. The van der Waals surface area contributed by atoms with E-state index in [1.807, 2.05) is 24.3 Å². The van der Waals surface area contributed by atoms with E-state index in [0.717, 1.165) is 11.0 Å². The predicted molar refractivity (Wildman–Crippen MR) is 77.0 cm³/mol. The Morgan fingerprint density at radius 2 is 1.80 bits per heavy atom. The third-order valence-electron chi connectivity index (χ3n) is 2.83. The molecule has 0 aliphatic heterocycles. The standard InChI is InChI=1S/C15H13N3O2/c1-19-13-7-6-10(16)8-14(13)20-15-9-17-11-4-2-3-5-12(11)18-15/h2-9H,16H2,1H3. The second-order valence-corrected chi connectivity index (χ2v) is 4.21. The van der Waals surface area contributed by atoms with Crippen LogP contribution in [0.4, 0.5) is 5.69 Å². The molecule has 0 aliphatic carbocycles. The van der Waals surface area contributed by atoms with Gasteiger partial charge in [-0.1, -0.05) is 12.1 Å². The molecule has 0 amide bonds. The van der Waals surface area contributed by atoms with Crippen LogP contribution in [0.3, 0.4) is 0 Å². The lowest BCUT2D eigenvalue weighted by molar-refractivity contribution is 0.374. The number of nitrogen functional groups attached to an aromatic ring is 1. The molecule has 5 nitrogen and oxygen atoms in total. The number of anilines is 1. The van der Waals surface area contributed by atoms with Crippen molar-refractivity contribution < 1.29 is 9.47 Å². The highest BCUT2D eigenvalue weighted by molar-refractivity contribution is 5.74. The van der Waals surface area contributed by atoms with Crippen LogP contribution in [0.1, 0.15) is 0 Å². The van der Waals surface area contributed by atoms with Gasteiger partial charge in [-0.2, -0.15) is 0 Å². The second kappa shape index (κ2) is 5.05. The summed E-state index contributed by atoms with van der Waals surface area (Å²) >= 11 is 0. The average molecular weight is 267 g/mol. The van der Waals surface area contributed by atoms with Crippen LogP contribution in [-0.4, -0.2) is 17.1 Å². The molecule has 2 aromatic carbocycles. The van der Waals surface area contributed by atoms with Gasteiger partial charge in [-0.05, 0) is 24.3 Å². The Morgan fingerprint density at radius 1 is 1.00 bits per heavy atom. The molecule has 0 unspecified atom stereocenters. The van der Waals surface area contributed by atoms with Crippen LogP contribution in [0.15, 0.2) is 48.7 Å². The fraction of sp³-hybridized carbons (Fsp3) is 0.0667. The van der Waals surface area contributed by atoms with Gasteiger partial charge in [-0.15, -0.1) is 0 Å². The molecule has 20 heavy (non-hydrogen) atoms. The Hall–Kier alpha value is -2.82. The molecule has 0 atom stereocenters. The summed E-state index contributed by atoms with van der Waals surface area (Å²) < 4.78 is 10.9. The highest BCUT2D eigenvalue weighted by Crippen LogP contribution is 2.32. The molecule has 0 radical (unpaired) electrons. The number of benzene rings is 2. The Kier molecular flexibility index (Phi) is 3.09. The number of ether oxygens (including phenoxy) is 2. The van der Waals surface area contributed by atoms with E-state index in [2.05, 4.69) is 9.97 Å². The molecule has 0 aliphatic rings. The number of aromatic nitrogens is 2. The number of rotatable bonds is 3. The van der Waals surface area contributed by atoms with Gasteiger partial charge in [0.05, 0.1) is 24.3 Å². The zero-order valence-electron chi connectivity index (χ0n) is 10.9. The smallest absolute Gasteiger partial charge is 0.238 e. The predicted octanol–water partition coefficient (Wildman–Crippen LogP) is 3.01. The van der Waals surface area contributed by atoms with Crippen molar-refractivity contribution in [3.63, 3.8) is 0 Å². The third kappa shape index (κ3) is 2.33. The largest absolute Gasteiger partial charge is 0.493 e. The lowest BCUT2D eigenvalue weighted by Gasteiger charge is -2.10. The molecule has 1 aromatic heterocycles. The van der Waals surface area contributed by atoms with Gasteiger partial charge < -0.3 is 15.2 Å². The van der Waals surface area contributed by atoms with Gasteiger partial charge in [0, 0.05) is 11.8 Å². The Morgan fingerprint density at radius 3 is 2.60 bits per heavy atom. The first-order valence-electron chi connectivity index (χ1n) is 6.09. The second-order valence-electron chi connectivity index (χ2n) is 4.21. The van der Waals surface area contributed by atoms with Crippen molar-refractivity contribution >= 4 is 16.7 Å². The van der Waals surface area contributed by atoms with E-state index in [9.17, 15) is 0 Å². The van der Waals surface area contributed by atoms with E-state index in [1.165, 1.54) is 0 Å². The lowest BCUT2D eigenvalue weighted by Crippen LogP contribution is -1.95. The number of fused-ring (bicyclic) bond motifs is 1. The van der Waals surface area contributed by atoms with E-state index in [0.29, 0.717) is 23.1 Å². The van der Waals surface area contributed by atoms with Crippen molar-refractivity contribution in [1.29, 1.82) is 0 Å². The van der Waals surface area contributed by atoms with E-state index in [4.69, 9.17) is 15.2 Å². The van der Waals surface area contributed by atoms with Gasteiger partial charge in [-0.3, -0.25) is 0 Å². The first-order valence-corrected chi connectivity index (χ1v) is 6.09. The van der Waals surface area contributed by atoms with Crippen LogP contribution in [0.5, 0.6) is 17.4 Å². The molecule has 0 fully saturated rings. The summed E-state index contributed by atoms with van der Waals surface area (Å²) in [6, 6.07) is 12.8. The number of hydrogen-bond donors (Lipinski definition) is 1. The summed E-state index contributed by atoms with van der Waals surface area (Å²) in [5.41, 5.74) is 7.94.